The zero-order valence-electron chi connectivity index (χ0n) is 13.4. The van der Waals surface area contributed by atoms with Gasteiger partial charge in [0.05, 0.1) is 0 Å². The zero-order valence-corrected chi connectivity index (χ0v) is 13.4. The number of piperidine rings is 1. The van der Waals surface area contributed by atoms with Gasteiger partial charge in [-0.15, -0.1) is 0 Å². The molecule has 0 radical (unpaired) electrons. The highest BCUT2D eigenvalue weighted by Crippen LogP contribution is 2.22. The van der Waals surface area contributed by atoms with E-state index in [9.17, 15) is 0 Å². The normalized spacial score (nSPS) is 18.2. The lowest BCUT2D eigenvalue weighted by Crippen LogP contribution is -2.39. The van der Waals surface area contributed by atoms with Crippen molar-refractivity contribution in [2.45, 2.75) is 58.4 Å². The summed E-state index contributed by atoms with van der Waals surface area (Å²) in [6, 6.07) is 4.90. The number of aromatic nitrogens is 1. The van der Waals surface area contributed by atoms with Crippen LogP contribution >= 0.6 is 0 Å². The monoisotopic (exact) mass is 275 g/mol. The molecule has 1 aromatic heterocycles. The Hall–Kier alpha value is -1.09. The third-order valence-corrected chi connectivity index (χ3v) is 4.11. The first kappa shape index (κ1) is 15.3. The predicted molar refractivity (Wildman–Crippen MR) is 86.3 cm³/mol. The molecule has 2 rings (SSSR count). The Morgan fingerprint density at radius 3 is 2.45 bits per heavy atom. The van der Waals surface area contributed by atoms with E-state index in [-0.39, 0.29) is 5.41 Å². The van der Waals surface area contributed by atoms with Gasteiger partial charge in [-0.25, -0.2) is 4.98 Å². The molecule has 1 aliphatic rings. The molecule has 0 unspecified atom stereocenters. The molecule has 3 nitrogen and oxygen atoms in total. The van der Waals surface area contributed by atoms with Crippen molar-refractivity contribution >= 4 is 5.82 Å². The van der Waals surface area contributed by atoms with Crippen LogP contribution in [0.3, 0.4) is 0 Å². The van der Waals surface area contributed by atoms with Crippen LogP contribution in [0.2, 0.25) is 0 Å². The Morgan fingerprint density at radius 1 is 1.25 bits per heavy atom. The maximum atomic E-state index is 4.57. The third kappa shape index (κ3) is 4.20. The van der Waals surface area contributed by atoms with Gasteiger partial charge in [0.15, 0.2) is 0 Å². The standard InChI is InChI=1S/C17H29N3/c1-5-10-20-11-8-15(9-12-20)19-16-7-6-14(13-18-16)17(2,3)4/h6-7,13,15H,5,8-12H2,1-4H3,(H,18,19). The summed E-state index contributed by atoms with van der Waals surface area (Å²) in [5, 5.41) is 3.58. The first-order chi connectivity index (χ1) is 9.49. The first-order valence-corrected chi connectivity index (χ1v) is 7.94. The van der Waals surface area contributed by atoms with Crippen molar-refractivity contribution < 1.29 is 0 Å². The molecule has 0 aliphatic carbocycles. The summed E-state index contributed by atoms with van der Waals surface area (Å²) in [5.41, 5.74) is 1.47. The molecule has 0 aromatic carbocycles. The van der Waals surface area contributed by atoms with Gasteiger partial charge in [-0.05, 0) is 42.9 Å². The summed E-state index contributed by atoms with van der Waals surface area (Å²) >= 11 is 0. The smallest absolute Gasteiger partial charge is 0.126 e. The minimum Gasteiger partial charge on any atom is -0.367 e. The van der Waals surface area contributed by atoms with E-state index in [0.717, 1.165) is 5.82 Å². The summed E-state index contributed by atoms with van der Waals surface area (Å²) in [7, 11) is 0. The van der Waals surface area contributed by atoms with Gasteiger partial charge in [-0.2, -0.15) is 0 Å². The van der Waals surface area contributed by atoms with Crippen molar-refractivity contribution in [2.75, 3.05) is 25.0 Å². The maximum absolute atomic E-state index is 4.57. The number of nitrogens with zero attached hydrogens (tertiary/aromatic N) is 2. The minimum absolute atomic E-state index is 0.178. The lowest BCUT2D eigenvalue weighted by Gasteiger charge is -2.32. The Labute approximate surface area is 123 Å². The molecule has 0 spiro atoms. The van der Waals surface area contributed by atoms with Crippen LogP contribution in [-0.2, 0) is 5.41 Å². The topological polar surface area (TPSA) is 28.2 Å². The van der Waals surface area contributed by atoms with E-state index in [2.05, 4.69) is 55.0 Å². The molecule has 0 saturated carbocycles. The van der Waals surface area contributed by atoms with Crippen molar-refractivity contribution in [3.05, 3.63) is 23.9 Å². The van der Waals surface area contributed by atoms with Crippen LogP contribution in [0.5, 0.6) is 0 Å². The van der Waals surface area contributed by atoms with Crippen LogP contribution < -0.4 is 5.32 Å². The van der Waals surface area contributed by atoms with Gasteiger partial charge >= 0.3 is 0 Å². The SMILES string of the molecule is CCCN1CCC(Nc2ccc(C(C)(C)C)cn2)CC1. The fourth-order valence-corrected chi connectivity index (χ4v) is 2.75. The van der Waals surface area contributed by atoms with Gasteiger partial charge in [0, 0.05) is 25.3 Å². The second-order valence-electron chi connectivity index (χ2n) is 6.94. The lowest BCUT2D eigenvalue weighted by atomic mass is 9.88. The van der Waals surface area contributed by atoms with Gasteiger partial charge in [-0.3, -0.25) is 0 Å². The Bertz CT molecular complexity index is 397. The van der Waals surface area contributed by atoms with E-state index in [0.29, 0.717) is 6.04 Å². The molecule has 20 heavy (non-hydrogen) atoms. The molecule has 2 heterocycles. The number of pyridine rings is 1. The number of hydrogen-bond donors (Lipinski definition) is 1. The number of rotatable bonds is 4. The zero-order chi connectivity index (χ0) is 14.6. The summed E-state index contributed by atoms with van der Waals surface area (Å²) in [6.07, 6.45) is 5.72. The Morgan fingerprint density at radius 2 is 1.95 bits per heavy atom. The fraction of sp³-hybridized carbons (Fsp3) is 0.706. The molecule has 1 saturated heterocycles. The lowest BCUT2D eigenvalue weighted by molar-refractivity contribution is 0.219. The highest BCUT2D eigenvalue weighted by molar-refractivity contribution is 5.38. The molecule has 1 N–H and O–H groups in total. The third-order valence-electron chi connectivity index (χ3n) is 4.11. The molecular weight excluding hydrogens is 246 g/mol. The molecular formula is C17H29N3. The van der Waals surface area contributed by atoms with Crippen molar-refractivity contribution in [3.8, 4) is 0 Å². The number of nitrogens with one attached hydrogen (secondary N) is 1. The van der Waals surface area contributed by atoms with Gasteiger partial charge < -0.3 is 10.2 Å². The van der Waals surface area contributed by atoms with E-state index in [1.807, 2.05) is 6.20 Å². The first-order valence-electron chi connectivity index (χ1n) is 7.94. The predicted octanol–water partition coefficient (Wildman–Crippen LogP) is 3.67. The maximum Gasteiger partial charge on any atom is 0.126 e. The molecule has 112 valence electrons. The molecule has 0 amide bonds. The highest BCUT2D eigenvalue weighted by Gasteiger charge is 2.19. The van der Waals surface area contributed by atoms with E-state index in [1.165, 1.54) is 44.5 Å². The van der Waals surface area contributed by atoms with Crippen LogP contribution in [0.25, 0.3) is 0 Å². The van der Waals surface area contributed by atoms with E-state index in [4.69, 9.17) is 0 Å². The van der Waals surface area contributed by atoms with Crippen LogP contribution in [0.1, 0.15) is 52.5 Å². The van der Waals surface area contributed by atoms with Crippen molar-refractivity contribution in [1.82, 2.24) is 9.88 Å². The summed E-state index contributed by atoms with van der Waals surface area (Å²) in [6.45, 7) is 12.6. The van der Waals surface area contributed by atoms with Crippen molar-refractivity contribution in [1.29, 1.82) is 0 Å². The molecule has 3 heteroatoms. The van der Waals surface area contributed by atoms with Crippen LogP contribution in [0, 0.1) is 0 Å². The summed E-state index contributed by atoms with van der Waals surface area (Å²) < 4.78 is 0. The summed E-state index contributed by atoms with van der Waals surface area (Å²) in [5.74, 6) is 1.02. The summed E-state index contributed by atoms with van der Waals surface area (Å²) in [4.78, 5) is 7.13. The van der Waals surface area contributed by atoms with Crippen LogP contribution in [0.15, 0.2) is 18.3 Å². The minimum atomic E-state index is 0.178. The van der Waals surface area contributed by atoms with Gasteiger partial charge in [0.1, 0.15) is 5.82 Å². The fourth-order valence-electron chi connectivity index (χ4n) is 2.75. The van der Waals surface area contributed by atoms with E-state index < -0.39 is 0 Å². The van der Waals surface area contributed by atoms with E-state index in [1.54, 1.807) is 0 Å². The quantitative estimate of drug-likeness (QED) is 0.909. The average molecular weight is 275 g/mol. The Kier molecular flexibility index (Phi) is 5.03. The van der Waals surface area contributed by atoms with Gasteiger partial charge in [0.2, 0.25) is 0 Å². The highest BCUT2D eigenvalue weighted by atomic mass is 15.1. The largest absolute Gasteiger partial charge is 0.367 e. The molecule has 0 bridgehead atoms. The number of likely N-dealkylation sites (tertiary alicyclic amines) is 1. The van der Waals surface area contributed by atoms with Gasteiger partial charge in [0.25, 0.3) is 0 Å². The van der Waals surface area contributed by atoms with Crippen molar-refractivity contribution in [3.63, 3.8) is 0 Å². The molecule has 1 aliphatic heterocycles. The molecule has 1 aromatic rings. The average Bonchev–Trinajstić information content (AvgIpc) is 2.41. The van der Waals surface area contributed by atoms with Crippen LogP contribution in [-0.4, -0.2) is 35.6 Å². The van der Waals surface area contributed by atoms with Crippen molar-refractivity contribution in [2.24, 2.45) is 0 Å². The second-order valence-corrected chi connectivity index (χ2v) is 6.94. The van der Waals surface area contributed by atoms with Gasteiger partial charge in [-0.1, -0.05) is 33.8 Å². The van der Waals surface area contributed by atoms with E-state index >= 15 is 0 Å². The number of hydrogen-bond acceptors (Lipinski definition) is 3. The Balaban J connectivity index is 1.85. The van der Waals surface area contributed by atoms with Crippen LogP contribution in [0.4, 0.5) is 5.82 Å². The molecule has 1 fully saturated rings. The second kappa shape index (κ2) is 6.57. The molecule has 0 atom stereocenters. The number of anilines is 1.